The van der Waals surface area contributed by atoms with E-state index in [1.54, 1.807) is 6.20 Å². The van der Waals surface area contributed by atoms with Crippen molar-refractivity contribution < 1.29 is 14.3 Å². The second kappa shape index (κ2) is 8.31. The van der Waals surface area contributed by atoms with Crippen LogP contribution >= 0.6 is 0 Å². The van der Waals surface area contributed by atoms with Gasteiger partial charge < -0.3 is 14.8 Å². The number of pyridine rings is 1. The van der Waals surface area contributed by atoms with Crippen LogP contribution in [0.4, 0.5) is 5.82 Å². The highest BCUT2D eigenvalue weighted by Crippen LogP contribution is 2.14. The summed E-state index contributed by atoms with van der Waals surface area (Å²) in [6, 6.07) is 3.08. The van der Waals surface area contributed by atoms with E-state index in [9.17, 15) is 4.79 Å². The maximum Gasteiger partial charge on any atom is 0.330 e. The number of carbonyl (C=O) groups excluding carboxylic acids is 1. The van der Waals surface area contributed by atoms with Crippen molar-refractivity contribution in [3.05, 3.63) is 23.9 Å². The second-order valence-corrected chi connectivity index (χ2v) is 12.3. The van der Waals surface area contributed by atoms with Crippen LogP contribution < -0.4 is 5.32 Å². The lowest BCUT2D eigenvalue weighted by Crippen LogP contribution is -2.38. The zero-order valence-corrected chi connectivity index (χ0v) is 16.7. The molecule has 1 atom stereocenters. The Morgan fingerprint density at radius 1 is 1.38 bits per heavy atom. The molecule has 1 aromatic rings. The maximum absolute atomic E-state index is 12.0. The molecule has 0 fully saturated rings. The number of methoxy groups -OCH3 is 1. The first-order chi connectivity index (χ1) is 11.0. The molecular formula is C18H28N2O3Si. The lowest BCUT2D eigenvalue weighted by molar-refractivity contribution is -0.144. The molecular weight excluding hydrogens is 320 g/mol. The van der Waals surface area contributed by atoms with Crippen molar-refractivity contribution in [2.24, 2.45) is 0 Å². The molecule has 1 N–H and O–H groups in total. The van der Waals surface area contributed by atoms with Crippen molar-refractivity contribution in [2.75, 3.05) is 19.0 Å². The van der Waals surface area contributed by atoms with Crippen LogP contribution in [0.2, 0.25) is 19.6 Å². The van der Waals surface area contributed by atoms with Gasteiger partial charge in [0.15, 0.2) is 0 Å². The van der Waals surface area contributed by atoms with Gasteiger partial charge in [0.2, 0.25) is 0 Å². The molecule has 0 saturated heterocycles. The molecule has 0 unspecified atom stereocenters. The van der Waals surface area contributed by atoms with Crippen LogP contribution in [0.5, 0.6) is 0 Å². The van der Waals surface area contributed by atoms with Crippen LogP contribution in [0.15, 0.2) is 18.3 Å². The van der Waals surface area contributed by atoms with Crippen LogP contribution in [-0.4, -0.2) is 44.4 Å². The lowest BCUT2D eigenvalue weighted by Gasteiger charge is -2.24. The molecule has 0 aromatic carbocycles. The van der Waals surface area contributed by atoms with E-state index >= 15 is 0 Å². The van der Waals surface area contributed by atoms with E-state index in [0.717, 1.165) is 5.56 Å². The van der Waals surface area contributed by atoms with Gasteiger partial charge in [0.1, 0.15) is 19.9 Å². The molecule has 5 nitrogen and oxygen atoms in total. The first kappa shape index (κ1) is 20.2. The molecule has 0 aliphatic heterocycles. The Kier molecular flexibility index (Phi) is 7.00. The number of nitrogens with one attached hydrogen (secondary N) is 1. The molecule has 0 spiro atoms. The lowest BCUT2D eigenvalue weighted by atomic mass is 10.2. The summed E-state index contributed by atoms with van der Waals surface area (Å²) in [5.41, 5.74) is 3.73. The highest BCUT2D eigenvalue weighted by Gasteiger charge is 2.23. The molecule has 0 bridgehead atoms. The fraction of sp³-hybridized carbons (Fsp3) is 0.556. The molecule has 0 amide bonds. The molecule has 0 aliphatic rings. The average molecular weight is 349 g/mol. The summed E-state index contributed by atoms with van der Waals surface area (Å²) in [5, 5.41) is 3.11. The highest BCUT2D eigenvalue weighted by molar-refractivity contribution is 6.83. The van der Waals surface area contributed by atoms with Gasteiger partial charge in [0.05, 0.1) is 24.9 Å². The van der Waals surface area contributed by atoms with Crippen LogP contribution in [0.3, 0.4) is 0 Å². The van der Waals surface area contributed by atoms with Crippen LogP contribution in [0.1, 0.15) is 26.3 Å². The normalized spacial score (nSPS) is 12.8. The summed E-state index contributed by atoms with van der Waals surface area (Å²) in [7, 11) is -0.145. The Balaban J connectivity index is 3.01. The number of hydrogen-bond acceptors (Lipinski definition) is 5. The number of hydrogen-bond donors (Lipinski definition) is 1. The number of aromatic nitrogens is 1. The third-order valence-electron chi connectivity index (χ3n) is 2.86. The highest BCUT2D eigenvalue weighted by atomic mass is 28.3. The smallest absolute Gasteiger partial charge is 0.330 e. The van der Waals surface area contributed by atoms with Crippen molar-refractivity contribution in [1.82, 2.24) is 4.98 Å². The van der Waals surface area contributed by atoms with Gasteiger partial charge in [-0.1, -0.05) is 25.6 Å². The van der Waals surface area contributed by atoms with Gasteiger partial charge in [-0.25, -0.2) is 9.78 Å². The summed E-state index contributed by atoms with van der Waals surface area (Å²) in [4.78, 5) is 16.4. The topological polar surface area (TPSA) is 60.5 Å². The minimum atomic E-state index is -1.50. The largest absolute Gasteiger partial charge is 0.467 e. The minimum absolute atomic E-state index is 0.188. The van der Waals surface area contributed by atoms with E-state index in [1.807, 2.05) is 32.9 Å². The summed E-state index contributed by atoms with van der Waals surface area (Å²) in [5.74, 6) is 3.35. The molecule has 1 aromatic heterocycles. The summed E-state index contributed by atoms with van der Waals surface area (Å²) in [6.07, 6.45) is 1.67. The molecule has 0 radical (unpaired) electrons. The van der Waals surface area contributed by atoms with Crippen LogP contribution in [0, 0.1) is 11.5 Å². The first-order valence-corrected chi connectivity index (χ1v) is 11.5. The van der Waals surface area contributed by atoms with E-state index in [-0.39, 0.29) is 12.2 Å². The van der Waals surface area contributed by atoms with Gasteiger partial charge in [-0.05, 0) is 32.9 Å². The molecule has 1 rings (SSSR count). The van der Waals surface area contributed by atoms with E-state index in [2.05, 4.69) is 41.4 Å². The van der Waals surface area contributed by atoms with Crippen molar-refractivity contribution >= 4 is 19.9 Å². The fourth-order valence-corrected chi connectivity index (χ4v) is 2.19. The number of rotatable bonds is 5. The standard InChI is InChI=1S/C18H28N2O3Si/c1-18(2,3)23-13-15(17(21)22-4)20-16-14(9-8-11-19-16)10-12-24(5,6)7/h8-9,11,15H,13H2,1-7H3,(H,19,20)/t15-/m0/s1. The van der Waals surface area contributed by atoms with Gasteiger partial charge in [-0.15, -0.1) is 5.54 Å². The summed E-state index contributed by atoms with van der Waals surface area (Å²) in [6.45, 7) is 12.5. The molecule has 132 valence electrons. The Labute approximate surface area is 146 Å². The Hall–Kier alpha value is -1.84. The molecule has 0 aliphatic carbocycles. The molecule has 24 heavy (non-hydrogen) atoms. The third kappa shape index (κ3) is 7.62. The summed E-state index contributed by atoms with van der Waals surface area (Å²) >= 11 is 0. The van der Waals surface area contributed by atoms with E-state index in [1.165, 1.54) is 7.11 Å². The van der Waals surface area contributed by atoms with Gasteiger partial charge in [-0.2, -0.15) is 0 Å². The Morgan fingerprint density at radius 2 is 2.04 bits per heavy atom. The molecule has 6 heteroatoms. The zero-order valence-electron chi connectivity index (χ0n) is 15.7. The van der Waals surface area contributed by atoms with Gasteiger partial charge >= 0.3 is 5.97 Å². The second-order valence-electron chi connectivity index (χ2n) is 7.54. The van der Waals surface area contributed by atoms with Crippen molar-refractivity contribution in [3.8, 4) is 11.5 Å². The number of esters is 1. The number of carbonyl (C=O) groups is 1. The van der Waals surface area contributed by atoms with E-state index in [0.29, 0.717) is 5.82 Å². The van der Waals surface area contributed by atoms with E-state index in [4.69, 9.17) is 9.47 Å². The quantitative estimate of drug-likeness (QED) is 0.503. The van der Waals surface area contributed by atoms with Gasteiger partial charge in [-0.3, -0.25) is 0 Å². The molecule has 0 saturated carbocycles. The molecule has 1 heterocycles. The Morgan fingerprint density at radius 3 is 2.58 bits per heavy atom. The van der Waals surface area contributed by atoms with Crippen LogP contribution in [-0.2, 0) is 14.3 Å². The monoisotopic (exact) mass is 348 g/mol. The minimum Gasteiger partial charge on any atom is -0.467 e. The van der Waals surface area contributed by atoms with Crippen molar-refractivity contribution in [3.63, 3.8) is 0 Å². The van der Waals surface area contributed by atoms with Gasteiger partial charge in [0.25, 0.3) is 0 Å². The zero-order chi connectivity index (χ0) is 18.4. The Bertz CT molecular complexity index is 622. The SMILES string of the molecule is COC(=O)[C@H](COC(C)(C)C)Nc1ncccc1C#C[Si](C)(C)C. The predicted octanol–water partition coefficient (Wildman–Crippen LogP) is 3.08. The van der Waals surface area contributed by atoms with Crippen molar-refractivity contribution in [1.29, 1.82) is 0 Å². The van der Waals surface area contributed by atoms with Gasteiger partial charge in [0, 0.05) is 6.20 Å². The number of anilines is 1. The third-order valence-corrected chi connectivity index (χ3v) is 3.73. The van der Waals surface area contributed by atoms with Crippen molar-refractivity contribution in [2.45, 2.75) is 52.1 Å². The van der Waals surface area contributed by atoms with Crippen LogP contribution in [0.25, 0.3) is 0 Å². The van der Waals surface area contributed by atoms with E-state index < -0.39 is 20.1 Å². The summed E-state index contributed by atoms with van der Waals surface area (Å²) < 4.78 is 10.6. The maximum atomic E-state index is 12.0. The average Bonchev–Trinajstić information content (AvgIpc) is 2.47. The number of nitrogens with zero attached hydrogens (tertiary/aromatic N) is 1. The first-order valence-electron chi connectivity index (χ1n) is 7.98. The predicted molar refractivity (Wildman–Crippen MR) is 99.6 cm³/mol. The fourth-order valence-electron chi connectivity index (χ4n) is 1.69. The number of ether oxygens (including phenoxy) is 2.